The third kappa shape index (κ3) is 1.73. The molecule has 0 spiro atoms. The van der Waals surface area contributed by atoms with Crippen molar-refractivity contribution in [3.63, 3.8) is 0 Å². The third-order valence-electron chi connectivity index (χ3n) is 4.36. The molecule has 3 heteroatoms. The molecule has 1 aromatic heterocycles. The lowest BCUT2D eigenvalue weighted by atomic mass is 10.1. The van der Waals surface area contributed by atoms with E-state index in [1.54, 1.807) is 0 Å². The Labute approximate surface area is 117 Å². The van der Waals surface area contributed by atoms with E-state index in [4.69, 9.17) is 0 Å². The maximum atomic E-state index is 12.7. The Balaban J connectivity index is 1.72. The minimum absolute atomic E-state index is 0.0765. The summed E-state index contributed by atoms with van der Waals surface area (Å²) in [6.07, 6.45) is 7.55. The van der Waals surface area contributed by atoms with Gasteiger partial charge in [0.15, 0.2) is 0 Å². The molecule has 1 fully saturated rings. The second-order valence-corrected chi connectivity index (χ2v) is 5.56. The number of carbonyl (C=O) groups is 1. The van der Waals surface area contributed by atoms with Crippen molar-refractivity contribution in [3.8, 4) is 0 Å². The number of rotatable bonds is 1. The van der Waals surface area contributed by atoms with Gasteiger partial charge in [-0.3, -0.25) is 4.79 Å². The fourth-order valence-corrected chi connectivity index (χ4v) is 3.36. The number of amides is 1. The minimum atomic E-state index is 0.0765. The highest BCUT2D eigenvalue weighted by Gasteiger charge is 2.37. The number of hydrogen-bond acceptors (Lipinski definition) is 2. The van der Waals surface area contributed by atoms with Crippen LogP contribution >= 0.6 is 0 Å². The summed E-state index contributed by atoms with van der Waals surface area (Å²) in [6.45, 7) is 0. The first-order chi connectivity index (χ1) is 9.83. The molecule has 1 saturated heterocycles. The summed E-state index contributed by atoms with van der Waals surface area (Å²) in [5.41, 5.74) is 1.45. The van der Waals surface area contributed by atoms with E-state index in [2.05, 4.69) is 17.1 Å². The smallest absolute Gasteiger partial charge is 0.273 e. The Kier molecular flexibility index (Phi) is 2.59. The quantitative estimate of drug-likeness (QED) is 0.741. The summed E-state index contributed by atoms with van der Waals surface area (Å²) in [4.78, 5) is 19.3. The maximum absolute atomic E-state index is 12.7. The van der Waals surface area contributed by atoms with E-state index >= 15 is 0 Å². The molecule has 2 aliphatic heterocycles. The van der Waals surface area contributed by atoms with Gasteiger partial charge in [-0.25, -0.2) is 4.98 Å². The molecule has 0 N–H and O–H groups in total. The van der Waals surface area contributed by atoms with Crippen LogP contribution in [0.5, 0.6) is 0 Å². The average Bonchev–Trinajstić information content (AvgIpc) is 2.75. The molecule has 3 nitrogen and oxygen atoms in total. The van der Waals surface area contributed by atoms with Crippen molar-refractivity contribution < 1.29 is 4.79 Å². The van der Waals surface area contributed by atoms with E-state index < -0.39 is 0 Å². The molecule has 0 aliphatic carbocycles. The van der Waals surface area contributed by atoms with Crippen molar-refractivity contribution in [1.82, 2.24) is 9.88 Å². The highest BCUT2D eigenvalue weighted by molar-refractivity contribution is 5.95. The first-order valence-corrected chi connectivity index (χ1v) is 7.18. The molecule has 3 heterocycles. The van der Waals surface area contributed by atoms with Crippen LogP contribution < -0.4 is 0 Å². The van der Waals surface area contributed by atoms with Gasteiger partial charge in [-0.15, -0.1) is 0 Å². The first kappa shape index (κ1) is 11.6. The molecular weight excluding hydrogens is 248 g/mol. The number of nitrogens with zero attached hydrogens (tertiary/aromatic N) is 2. The molecule has 2 aromatic rings. The Hall–Kier alpha value is -2.16. The summed E-state index contributed by atoms with van der Waals surface area (Å²) in [6, 6.07) is 12.4. The Morgan fingerprint density at radius 1 is 1.15 bits per heavy atom. The Morgan fingerprint density at radius 3 is 2.95 bits per heavy atom. The SMILES string of the molecule is O=C(c1ccc2ccccc2n1)N1C2C=CCC1CC2. The molecule has 100 valence electrons. The number of aromatic nitrogens is 1. The van der Waals surface area contributed by atoms with Gasteiger partial charge in [-0.2, -0.15) is 0 Å². The summed E-state index contributed by atoms with van der Waals surface area (Å²) in [7, 11) is 0. The molecule has 2 bridgehead atoms. The van der Waals surface area contributed by atoms with Crippen molar-refractivity contribution in [2.24, 2.45) is 0 Å². The molecule has 0 radical (unpaired) electrons. The number of fused-ring (bicyclic) bond motifs is 3. The van der Waals surface area contributed by atoms with Gasteiger partial charge in [0.05, 0.1) is 11.6 Å². The van der Waals surface area contributed by atoms with Gasteiger partial charge < -0.3 is 4.90 Å². The molecule has 0 saturated carbocycles. The van der Waals surface area contributed by atoms with Gasteiger partial charge in [-0.05, 0) is 31.4 Å². The van der Waals surface area contributed by atoms with Gasteiger partial charge in [0.2, 0.25) is 0 Å². The van der Waals surface area contributed by atoms with Crippen molar-refractivity contribution in [1.29, 1.82) is 0 Å². The van der Waals surface area contributed by atoms with Crippen LogP contribution in [0.25, 0.3) is 10.9 Å². The third-order valence-corrected chi connectivity index (χ3v) is 4.36. The lowest BCUT2D eigenvalue weighted by molar-refractivity contribution is 0.0683. The van der Waals surface area contributed by atoms with E-state index in [1.807, 2.05) is 41.3 Å². The van der Waals surface area contributed by atoms with Crippen LogP contribution in [0.2, 0.25) is 0 Å². The zero-order valence-electron chi connectivity index (χ0n) is 11.2. The predicted octanol–water partition coefficient (Wildman–Crippen LogP) is 3.17. The summed E-state index contributed by atoms with van der Waals surface area (Å²) in [5.74, 6) is 0.0765. The monoisotopic (exact) mass is 264 g/mol. The van der Waals surface area contributed by atoms with E-state index in [9.17, 15) is 4.79 Å². The Morgan fingerprint density at radius 2 is 2.05 bits per heavy atom. The molecule has 20 heavy (non-hydrogen) atoms. The summed E-state index contributed by atoms with van der Waals surface area (Å²) < 4.78 is 0. The number of para-hydroxylation sites is 1. The topological polar surface area (TPSA) is 33.2 Å². The van der Waals surface area contributed by atoms with Gasteiger partial charge in [0.1, 0.15) is 5.69 Å². The van der Waals surface area contributed by atoms with E-state index in [0.29, 0.717) is 11.7 Å². The lowest BCUT2D eigenvalue weighted by Gasteiger charge is -2.31. The van der Waals surface area contributed by atoms with Gasteiger partial charge in [0.25, 0.3) is 5.91 Å². The highest BCUT2D eigenvalue weighted by Crippen LogP contribution is 2.32. The fraction of sp³-hybridized carbons (Fsp3) is 0.294. The summed E-state index contributed by atoms with van der Waals surface area (Å²) >= 11 is 0. The fourth-order valence-electron chi connectivity index (χ4n) is 3.36. The molecule has 2 aliphatic rings. The maximum Gasteiger partial charge on any atom is 0.273 e. The number of hydrogen-bond donors (Lipinski definition) is 0. The standard InChI is InChI=1S/C17H16N2O/c20-17(19-13-5-3-6-14(19)10-9-13)16-11-8-12-4-1-2-7-15(12)18-16/h1-5,7-8,11,13-14H,6,9-10H2. The highest BCUT2D eigenvalue weighted by atomic mass is 16.2. The lowest BCUT2D eigenvalue weighted by Crippen LogP contribution is -2.42. The van der Waals surface area contributed by atoms with Gasteiger partial charge in [0, 0.05) is 11.4 Å². The van der Waals surface area contributed by atoms with Crippen LogP contribution in [0, 0.1) is 0 Å². The van der Waals surface area contributed by atoms with Gasteiger partial charge >= 0.3 is 0 Å². The molecule has 2 unspecified atom stereocenters. The van der Waals surface area contributed by atoms with Crippen LogP contribution in [-0.4, -0.2) is 27.9 Å². The summed E-state index contributed by atoms with van der Waals surface area (Å²) in [5, 5.41) is 1.07. The van der Waals surface area contributed by atoms with Crippen molar-refractivity contribution in [2.45, 2.75) is 31.3 Å². The second kappa shape index (κ2) is 4.44. The van der Waals surface area contributed by atoms with E-state index in [1.165, 1.54) is 0 Å². The van der Waals surface area contributed by atoms with Crippen LogP contribution in [-0.2, 0) is 0 Å². The number of benzene rings is 1. The van der Waals surface area contributed by atoms with Crippen LogP contribution in [0.4, 0.5) is 0 Å². The van der Waals surface area contributed by atoms with Crippen LogP contribution in [0.15, 0.2) is 48.6 Å². The Bertz CT molecular complexity index is 707. The molecule has 1 aromatic carbocycles. The molecular formula is C17H16N2O. The zero-order chi connectivity index (χ0) is 13.5. The number of pyridine rings is 1. The van der Waals surface area contributed by atoms with Crippen LogP contribution in [0.1, 0.15) is 29.8 Å². The van der Waals surface area contributed by atoms with Crippen molar-refractivity contribution in [3.05, 3.63) is 54.2 Å². The average molecular weight is 264 g/mol. The van der Waals surface area contributed by atoms with Crippen molar-refractivity contribution >= 4 is 16.8 Å². The molecule has 1 amide bonds. The van der Waals surface area contributed by atoms with Crippen LogP contribution in [0.3, 0.4) is 0 Å². The first-order valence-electron chi connectivity index (χ1n) is 7.18. The predicted molar refractivity (Wildman–Crippen MR) is 78.5 cm³/mol. The van der Waals surface area contributed by atoms with E-state index in [-0.39, 0.29) is 11.9 Å². The van der Waals surface area contributed by atoms with Crippen molar-refractivity contribution in [2.75, 3.05) is 0 Å². The zero-order valence-corrected chi connectivity index (χ0v) is 11.2. The molecule has 2 atom stereocenters. The van der Waals surface area contributed by atoms with E-state index in [0.717, 1.165) is 30.2 Å². The second-order valence-electron chi connectivity index (χ2n) is 5.56. The van der Waals surface area contributed by atoms with Gasteiger partial charge in [-0.1, -0.05) is 36.4 Å². The normalized spacial score (nSPS) is 24.3. The largest absolute Gasteiger partial charge is 0.328 e. The minimum Gasteiger partial charge on any atom is -0.328 e. The number of carbonyl (C=O) groups excluding carboxylic acids is 1. The molecule has 4 rings (SSSR count).